The van der Waals surface area contributed by atoms with Crippen molar-refractivity contribution in [2.75, 3.05) is 18.6 Å². The van der Waals surface area contributed by atoms with E-state index < -0.39 is 0 Å². The van der Waals surface area contributed by atoms with Crippen molar-refractivity contribution in [3.8, 4) is 0 Å². The molecule has 1 aromatic rings. The largest absolute Gasteiger partial charge is 0.372 e. The second kappa shape index (κ2) is 6.91. The van der Waals surface area contributed by atoms with E-state index in [0.717, 1.165) is 0 Å². The van der Waals surface area contributed by atoms with E-state index in [4.69, 9.17) is 39.5 Å². The highest BCUT2D eigenvalue weighted by molar-refractivity contribution is 6.41. The van der Waals surface area contributed by atoms with E-state index in [2.05, 4.69) is 10.9 Å². The topological polar surface area (TPSA) is 50.4 Å². The molecule has 0 fully saturated rings. The molecular weight excluding hydrogens is 286 g/mol. The summed E-state index contributed by atoms with van der Waals surface area (Å²) in [6.07, 6.45) is 0. The molecule has 1 amide bonds. The molecule has 0 aliphatic heterocycles. The second-order valence-electron chi connectivity index (χ2n) is 3.05. The number of halogens is 3. The van der Waals surface area contributed by atoms with Crippen LogP contribution in [0.15, 0.2) is 12.1 Å². The molecule has 0 saturated carbocycles. The molecule has 0 bridgehead atoms. The number of ether oxygens (including phenoxy) is 1. The zero-order valence-corrected chi connectivity index (χ0v) is 11.3. The Kier molecular flexibility index (Phi) is 5.85. The highest BCUT2D eigenvalue weighted by Crippen LogP contribution is 2.32. The van der Waals surface area contributed by atoms with Gasteiger partial charge in [0.2, 0.25) is 0 Å². The normalized spacial score (nSPS) is 10.1. The Bertz CT molecular complexity index is 390. The number of hydrogen-bond acceptors (Lipinski definition) is 3. The molecule has 0 aromatic heterocycles. The van der Waals surface area contributed by atoms with Gasteiger partial charge in [-0.1, -0.05) is 34.8 Å². The Balaban J connectivity index is 2.60. The van der Waals surface area contributed by atoms with E-state index in [1.165, 1.54) is 12.1 Å². The molecule has 4 nitrogen and oxygen atoms in total. The number of carbonyl (C=O) groups is 1. The standard InChI is InChI=1S/C10H11Cl3N2O2/c1-2-17-5-9(16)14-15-10-7(12)3-6(11)4-8(10)13/h3-4,15H,2,5H2,1H3,(H,14,16). The van der Waals surface area contributed by atoms with Crippen molar-refractivity contribution >= 4 is 46.4 Å². The third-order valence-electron chi connectivity index (χ3n) is 1.77. The van der Waals surface area contributed by atoms with Crippen LogP contribution in [0.2, 0.25) is 15.1 Å². The first-order chi connectivity index (χ1) is 8.04. The van der Waals surface area contributed by atoms with Crippen molar-refractivity contribution in [2.45, 2.75) is 6.92 Å². The summed E-state index contributed by atoms with van der Waals surface area (Å²) in [6.45, 7) is 2.23. The monoisotopic (exact) mass is 296 g/mol. The van der Waals surface area contributed by atoms with Gasteiger partial charge in [0.05, 0.1) is 15.7 Å². The van der Waals surface area contributed by atoms with Gasteiger partial charge in [-0.2, -0.15) is 0 Å². The van der Waals surface area contributed by atoms with Gasteiger partial charge in [-0.3, -0.25) is 15.6 Å². The summed E-state index contributed by atoms with van der Waals surface area (Å²) in [7, 11) is 0. The average molecular weight is 298 g/mol. The quantitative estimate of drug-likeness (QED) is 0.821. The second-order valence-corrected chi connectivity index (χ2v) is 4.31. The third kappa shape index (κ3) is 4.60. The fraction of sp³-hybridized carbons (Fsp3) is 0.300. The van der Waals surface area contributed by atoms with Crippen LogP contribution in [0.1, 0.15) is 6.92 Å². The molecular formula is C10H11Cl3N2O2. The van der Waals surface area contributed by atoms with Crippen LogP contribution in [-0.2, 0) is 9.53 Å². The van der Waals surface area contributed by atoms with Crippen LogP contribution in [0.4, 0.5) is 5.69 Å². The molecule has 7 heteroatoms. The van der Waals surface area contributed by atoms with Crippen LogP contribution in [0, 0.1) is 0 Å². The number of hydrogen-bond donors (Lipinski definition) is 2. The number of nitrogens with one attached hydrogen (secondary N) is 2. The van der Waals surface area contributed by atoms with E-state index in [9.17, 15) is 4.79 Å². The number of amides is 1. The van der Waals surface area contributed by atoms with Gasteiger partial charge in [0.25, 0.3) is 5.91 Å². The maximum atomic E-state index is 11.3. The number of benzene rings is 1. The summed E-state index contributed by atoms with van der Waals surface area (Å²) in [5, 5.41) is 1.06. The zero-order valence-electron chi connectivity index (χ0n) is 9.02. The van der Waals surface area contributed by atoms with Gasteiger partial charge >= 0.3 is 0 Å². The SMILES string of the molecule is CCOCC(=O)NNc1c(Cl)cc(Cl)cc1Cl. The van der Waals surface area contributed by atoms with Crippen LogP contribution < -0.4 is 10.9 Å². The number of hydrazine groups is 1. The molecule has 0 heterocycles. The molecule has 0 atom stereocenters. The van der Waals surface area contributed by atoms with Crippen molar-refractivity contribution in [1.29, 1.82) is 0 Å². The molecule has 1 aromatic carbocycles. The molecule has 94 valence electrons. The van der Waals surface area contributed by atoms with Crippen molar-refractivity contribution in [3.05, 3.63) is 27.2 Å². The lowest BCUT2D eigenvalue weighted by molar-refractivity contribution is -0.125. The van der Waals surface area contributed by atoms with E-state index in [1.54, 1.807) is 6.92 Å². The van der Waals surface area contributed by atoms with E-state index in [1.807, 2.05) is 0 Å². The highest BCUT2D eigenvalue weighted by Gasteiger charge is 2.08. The molecule has 17 heavy (non-hydrogen) atoms. The number of rotatable bonds is 5. The van der Waals surface area contributed by atoms with Crippen molar-refractivity contribution in [3.63, 3.8) is 0 Å². The van der Waals surface area contributed by atoms with Crippen molar-refractivity contribution in [1.82, 2.24) is 5.43 Å². The average Bonchev–Trinajstić information content (AvgIpc) is 2.24. The van der Waals surface area contributed by atoms with Crippen LogP contribution in [0.3, 0.4) is 0 Å². The first-order valence-electron chi connectivity index (χ1n) is 4.81. The summed E-state index contributed by atoms with van der Waals surface area (Å²) in [6, 6.07) is 3.04. The molecule has 0 unspecified atom stereocenters. The molecule has 0 aliphatic rings. The maximum Gasteiger partial charge on any atom is 0.264 e. The maximum absolute atomic E-state index is 11.3. The van der Waals surface area contributed by atoms with Gasteiger partial charge in [0.1, 0.15) is 6.61 Å². The summed E-state index contributed by atoms with van der Waals surface area (Å²) in [5.41, 5.74) is 5.42. The van der Waals surface area contributed by atoms with Crippen LogP contribution in [-0.4, -0.2) is 19.1 Å². The fourth-order valence-corrected chi connectivity index (χ4v) is 1.94. The molecule has 2 N–H and O–H groups in total. The fourth-order valence-electron chi connectivity index (χ4n) is 1.02. The van der Waals surface area contributed by atoms with Crippen LogP contribution in [0.5, 0.6) is 0 Å². The molecule has 0 aliphatic carbocycles. The minimum Gasteiger partial charge on any atom is -0.372 e. The highest BCUT2D eigenvalue weighted by atomic mass is 35.5. The predicted molar refractivity (Wildman–Crippen MR) is 69.7 cm³/mol. The van der Waals surface area contributed by atoms with Crippen molar-refractivity contribution < 1.29 is 9.53 Å². The third-order valence-corrected chi connectivity index (χ3v) is 2.59. The summed E-state index contributed by atoms with van der Waals surface area (Å²) in [5.74, 6) is -0.325. The Morgan fingerprint density at radius 1 is 1.29 bits per heavy atom. The van der Waals surface area contributed by atoms with E-state index in [0.29, 0.717) is 27.4 Å². The van der Waals surface area contributed by atoms with Crippen LogP contribution in [0.25, 0.3) is 0 Å². The van der Waals surface area contributed by atoms with Gasteiger partial charge in [-0.05, 0) is 19.1 Å². The number of anilines is 1. The van der Waals surface area contributed by atoms with Gasteiger partial charge in [-0.15, -0.1) is 0 Å². The van der Waals surface area contributed by atoms with Crippen molar-refractivity contribution in [2.24, 2.45) is 0 Å². The summed E-state index contributed by atoms with van der Waals surface area (Å²) in [4.78, 5) is 11.3. The Morgan fingerprint density at radius 3 is 2.41 bits per heavy atom. The van der Waals surface area contributed by atoms with Gasteiger partial charge in [-0.25, -0.2) is 0 Å². The van der Waals surface area contributed by atoms with Gasteiger partial charge in [0, 0.05) is 11.6 Å². The Morgan fingerprint density at radius 2 is 1.88 bits per heavy atom. The predicted octanol–water partition coefficient (Wildman–Crippen LogP) is 3.13. The van der Waals surface area contributed by atoms with E-state index in [-0.39, 0.29) is 12.5 Å². The lowest BCUT2D eigenvalue weighted by Crippen LogP contribution is -2.32. The summed E-state index contributed by atoms with van der Waals surface area (Å²) < 4.78 is 4.92. The first-order valence-corrected chi connectivity index (χ1v) is 5.95. The Labute approximate surface area is 114 Å². The lowest BCUT2D eigenvalue weighted by Gasteiger charge is -2.11. The summed E-state index contributed by atoms with van der Waals surface area (Å²) >= 11 is 17.6. The molecule has 0 saturated heterocycles. The minimum atomic E-state index is -0.325. The lowest BCUT2D eigenvalue weighted by atomic mass is 10.3. The number of carbonyl (C=O) groups excluding carboxylic acids is 1. The molecule has 0 spiro atoms. The zero-order chi connectivity index (χ0) is 12.8. The Hall–Kier alpha value is -0.680. The molecule has 0 radical (unpaired) electrons. The van der Waals surface area contributed by atoms with Gasteiger partial charge < -0.3 is 4.74 Å². The van der Waals surface area contributed by atoms with Crippen LogP contribution >= 0.6 is 34.8 Å². The first kappa shape index (κ1) is 14.4. The molecule has 1 rings (SSSR count). The van der Waals surface area contributed by atoms with Gasteiger partial charge in [0.15, 0.2) is 0 Å². The smallest absolute Gasteiger partial charge is 0.264 e. The minimum absolute atomic E-state index is 0.0354. The van der Waals surface area contributed by atoms with E-state index >= 15 is 0 Å².